The molecular weight excluding hydrogens is 396 g/mol. The van der Waals surface area contributed by atoms with Crippen LogP contribution in [0.15, 0.2) is 30.4 Å². The van der Waals surface area contributed by atoms with Crippen LogP contribution in [0, 0.1) is 46.3 Å². The largest absolute Gasteiger partial charge is 0.377 e. The van der Waals surface area contributed by atoms with Crippen LogP contribution >= 0.6 is 11.6 Å². The van der Waals surface area contributed by atoms with Crippen LogP contribution in [0.25, 0.3) is 0 Å². The summed E-state index contributed by atoms with van der Waals surface area (Å²) in [5.41, 5.74) is 0.584. The number of hydrogen-bond acceptors (Lipinski definition) is 3. The summed E-state index contributed by atoms with van der Waals surface area (Å²) in [4.78, 5) is 17.3. The van der Waals surface area contributed by atoms with Crippen molar-refractivity contribution in [3.8, 4) is 11.3 Å². The van der Waals surface area contributed by atoms with Crippen molar-refractivity contribution in [1.82, 2.24) is 9.55 Å². The SMILES string of the molecule is CC12CCC3C4CCC(O)(C#CCl)CC4=CCC3C1CCC2C(=O)Cn1ccnc1. The van der Waals surface area contributed by atoms with E-state index in [-0.39, 0.29) is 11.3 Å². The minimum absolute atomic E-state index is 0.129. The minimum Gasteiger partial charge on any atom is -0.377 e. The molecule has 0 amide bonds. The number of imidazole rings is 1. The summed E-state index contributed by atoms with van der Waals surface area (Å²) >= 11 is 5.60. The van der Waals surface area contributed by atoms with Crippen LogP contribution in [0.2, 0.25) is 0 Å². The van der Waals surface area contributed by atoms with Gasteiger partial charge in [-0.3, -0.25) is 4.79 Å². The summed E-state index contributed by atoms with van der Waals surface area (Å²) in [7, 11) is 0. The second-order valence-corrected chi connectivity index (χ2v) is 10.6. The third-order valence-electron chi connectivity index (χ3n) is 9.07. The Kier molecular flexibility index (Phi) is 5.11. The molecule has 4 aliphatic carbocycles. The Balaban J connectivity index is 1.34. The highest BCUT2D eigenvalue weighted by Crippen LogP contribution is 2.63. The zero-order valence-electron chi connectivity index (χ0n) is 17.7. The Morgan fingerprint density at radius 3 is 2.93 bits per heavy atom. The molecule has 0 aliphatic heterocycles. The van der Waals surface area contributed by atoms with Gasteiger partial charge >= 0.3 is 0 Å². The van der Waals surface area contributed by atoms with E-state index in [2.05, 4.69) is 29.3 Å². The molecule has 7 unspecified atom stereocenters. The lowest BCUT2D eigenvalue weighted by Crippen LogP contribution is -2.48. The first-order valence-corrected chi connectivity index (χ1v) is 11.8. The Morgan fingerprint density at radius 1 is 1.30 bits per heavy atom. The molecule has 4 aliphatic rings. The molecule has 1 heterocycles. The molecule has 1 N–H and O–H groups in total. The fourth-order valence-electron chi connectivity index (χ4n) is 7.69. The van der Waals surface area contributed by atoms with Gasteiger partial charge in [-0.25, -0.2) is 4.98 Å². The van der Waals surface area contributed by atoms with Crippen LogP contribution in [-0.2, 0) is 11.3 Å². The number of fused-ring (bicyclic) bond motifs is 5. The second kappa shape index (κ2) is 7.53. The summed E-state index contributed by atoms with van der Waals surface area (Å²) in [6.45, 7) is 2.85. The van der Waals surface area contributed by atoms with E-state index >= 15 is 0 Å². The van der Waals surface area contributed by atoms with E-state index in [1.165, 1.54) is 18.4 Å². The van der Waals surface area contributed by atoms with Crippen LogP contribution in [0.1, 0.15) is 58.3 Å². The number of aliphatic hydroxyl groups is 1. The summed E-state index contributed by atoms with van der Waals surface area (Å²) < 4.78 is 1.91. The molecule has 5 rings (SSSR count). The van der Waals surface area contributed by atoms with Gasteiger partial charge in [0.15, 0.2) is 5.78 Å². The molecule has 7 atom stereocenters. The van der Waals surface area contributed by atoms with Crippen molar-refractivity contribution >= 4 is 17.4 Å². The van der Waals surface area contributed by atoms with Gasteiger partial charge in [-0.05, 0) is 85.6 Å². The van der Waals surface area contributed by atoms with Crippen LogP contribution in [0.3, 0.4) is 0 Å². The Bertz CT molecular complexity index is 913. The molecule has 4 nitrogen and oxygen atoms in total. The lowest BCUT2D eigenvalue weighted by molar-refractivity contribution is -0.129. The maximum atomic E-state index is 13.2. The van der Waals surface area contributed by atoms with Crippen molar-refractivity contribution < 1.29 is 9.90 Å². The van der Waals surface area contributed by atoms with Gasteiger partial charge in [0.05, 0.1) is 12.9 Å². The maximum absolute atomic E-state index is 13.2. The monoisotopic (exact) mass is 426 g/mol. The van der Waals surface area contributed by atoms with Gasteiger partial charge in [0.2, 0.25) is 0 Å². The van der Waals surface area contributed by atoms with Gasteiger partial charge in [-0.15, -0.1) is 0 Å². The zero-order valence-corrected chi connectivity index (χ0v) is 18.4. The van der Waals surface area contributed by atoms with Crippen LogP contribution in [0.4, 0.5) is 0 Å². The molecule has 3 saturated carbocycles. The van der Waals surface area contributed by atoms with Crippen molar-refractivity contribution in [1.29, 1.82) is 0 Å². The average Bonchev–Trinajstić information content (AvgIpc) is 3.34. The molecule has 0 spiro atoms. The van der Waals surface area contributed by atoms with Gasteiger partial charge in [0.25, 0.3) is 0 Å². The Labute approximate surface area is 184 Å². The lowest BCUT2D eigenvalue weighted by Gasteiger charge is -2.54. The number of halogens is 1. The molecule has 5 heteroatoms. The fraction of sp³-hybridized carbons (Fsp3) is 0.680. The second-order valence-electron chi connectivity index (χ2n) is 10.4. The summed E-state index contributed by atoms with van der Waals surface area (Å²) in [5, 5.41) is 13.2. The lowest BCUT2D eigenvalue weighted by atomic mass is 9.51. The smallest absolute Gasteiger partial charge is 0.156 e. The number of rotatable bonds is 3. The molecule has 0 saturated heterocycles. The number of hydrogen-bond donors (Lipinski definition) is 1. The normalized spacial score (nSPS) is 42.2. The number of allylic oxidation sites excluding steroid dienone is 1. The number of Topliss-reactive ketones (excluding diaryl/α,β-unsaturated/α-hetero) is 1. The van der Waals surface area contributed by atoms with E-state index in [0.717, 1.165) is 25.7 Å². The molecular formula is C25H31ClN2O2. The maximum Gasteiger partial charge on any atom is 0.156 e. The van der Waals surface area contributed by atoms with E-state index in [1.807, 2.05) is 10.8 Å². The van der Waals surface area contributed by atoms with Crippen molar-refractivity contribution in [2.45, 2.75) is 70.4 Å². The standard InChI is InChI=1S/C25H31ClN2O2/c1-24-8-6-19-18-7-9-25(30,10-11-26)14-17(18)2-3-20(19)21(24)4-5-22(24)23(29)15-28-13-12-27-16-28/h2,12-13,16,18-22,30H,3-9,14-15H2,1H3. The molecule has 0 aromatic carbocycles. The van der Waals surface area contributed by atoms with E-state index in [0.29, 0.717) is 48.8 Å². The Hall–Kier alpha value is -1.57. The van der Waals surface area contributed by atoms with E-state index in [4.69, 9.17) is 11.6 Å². The van der Waals surface area contributed by atoms with Crippen LogP contribution < -0.4 is 0 Å². The third kappa shape index (κ3) is 3.26. The first-order chi connectivity index (χ1) is 14.4. The Morgan fingerprint density at radius 2 is 2.17 bits per heavy atom. The summed E-state index contributed by atoms with van der Waals surface area (Å²) in [6.07, 6.45) is 15.8. The van der Waals surface area contributed by atoms with Crippen molar-refractivity contribution in [2.24, 2.45) is 35.0 Å². The minimum atomic E-state index is -0.946. The highest BCUT2D eigenvalue weighted by molar-refractivity contribution is 6.30. The first-order valence-electron chi connectivity index (χ1n) is 11.5. The fourth-order valence-corrected chi connectivity index (χ4v) is 7.86. The molecule has 30 heavy (non-hydrogen) atoms. The third-order valence-corrected chi connectivity index (χ3v) is 9.16. The van der Waals surface area contributed by atoms with E-state index in [1.54, 1.807) is 12.5 Å². The van der Waals surface area contributed by atoms with Gasteiger partial charge in [-0.1, -0.05) is 24.5 Å². The van der Waals surface area contributed by atoms with Gasteiger partial charge < -0.3 is 9.67 Å². The molecule has 1 aromatic rings. The number of nitrogens with zero attached hydrogens (tertiary/aromatic N) is 2. The predicted molar refractivity (Wildman–Crippen MR) is 116 cm³/mol. The molecule has 3 fully saturated rings. The van der Waals surface area contributed by atoms with Crippen molar-refractivity contribution in [2.75, 3.05) is 0 Å². The van der Waals surface area contributed by atoms with E-state index in [9.17, 15) is 9.90 Å². The number of carbonyl (C=O) groups is 1. The van der Waals surface area contributed by atoms with Gasteiger partial charge in [0.1, 0.15) is 5.60 Å². The van der Waals surface area contributed by atoms with Crippen molar-refractivity contribution in [3.63, 3.8) is 0 Å². The molecule has 0 radical (unpaired) electrons. The van der Waals surface area contributed by atoms with Crippen LogP contribution in [-0.4, -0.2) is 26.0 Å². The summed E-state index contributed by atoms with van der Waals surface area (Å²) in [6, 6.07) is 0. The van der Waals surface area contributed by atoms with E-state index < -0.39 is 5.60 Å². The van der Waals surface area contributed by atoms with Crippen molar-refractivity contribution in [3.05, 3.63) is 30.4 Å². The summed E-state index contributed by atoms with van der Waals surface area (Å²) in [5.74, 6) is 5.96. The van der Waals surface area contributed by atoms with Crippen LogP contribution in [0.5, 0.6) is 0 Å². The number of aromatic nitrogens is 2. The molecule has 1 aromatic heterocycles. The molecule has 160 valence electrons. The predicted octanol–water partition coefficient (Wildman–Crippen LogP) is 4.57. The van der Waals surface area contributed by atoms with Gasteiger partial charge in [-0.2, -0.15) is 0 Å². The quantitative estimate of drug-likeness (QED) is 0.568. The van der Waals surface area contributed by atoms with Gasteiger partial charge in [0, 0.05) is 30.1 Å². The topological polar surface area (TPSA) is 55.1 Å². The number of carbonyl (C=O) groups excluding carboxylic acids is 1. The number of ketones is 1. The zero-order chi connectivity index (χ0) is 20.9. The highest BCUT2D eigenvalue weighted by Gasteiger charge is 2.57. The highest BCUT2D eigenvalue weighted by atomic mass is 35.5. The molecule has 0 bridgehead atoms. The average molecular weight is 427 g/mol. The first kappa shape index (κ1) is 20.3.